The highest BCUT2D eigenvalue weighted by atomic mass is 35.5. The zero-order chi connectivity index (χ0) is 22.4. The number of nitrogens with one attached hydrogen (secondary N) is 1. The Hall–Kier alpha value is -2.62. The van der Waals surface area contributed by atoms with Crippen molar-refractivity contribution in [3.05, 3.63) is 53.1 Å². The van der Waals surface area contributed by atoms with E-state index in [-0.39, 0.29) is 29.8 Å². The molecule has 0 aromatic heterocycles. The van der Waals surface area contributed by atoms with Gasteiger partial charge < -0.3 is 9.47 Å². The average molecular weight is 466 g/mol. The SMILES string of the molecule is COc1ccc(/C=N\NC(=O)C2CCN(S(=O)(=O)c3ccc(Cl)cc3)CC2)c(OC)c1. The largest absolute Gasteiger partial charge is 0.497 e. The van der Waals surface area contributed by atoms with E-state index in [2.05, 4.69) is 10.5 Å². The molecule has 2 aromatic carbocycles. The van der Waals surface area contributed by atoms with Crippen molar-refractivity contribution in [2.45, 2.75) is 17.7 Å². The van der Waals surface area contributed by atoms with E-state index < -0.39 is 10.0 Å². The molecule has 0 unspecified atom stereocenters. The molecule has 1 aliphatic heterocycles. The van der Waals surface area contributed by atoms with E-state index in [0.29, 0.717) is 34.9 Å². The first-order chi connectivity index (χ1) is 14.8. The molecular formula is C21H24ClN3O5S. The van der Waals surface area contributed by atoms with Crippen LogP contribution in [0.4, 0.5) is 0 Å². The Kier molecular flexibility index (Phi) is 7.53. The first kappa shape index (κ1) is 23.1. The number of amides is 1. The van der Waals surface area contributed by atoms with Crippen molar-refractivity contribution in [1.82, 2.24) is 9.73 Å². The van der Waals surface area contributed by atoms with Gasteiger partial charge in [-0.05, 0) is 49.2 Å². The van der Waals surface area contributed by atoms with E-state index in [1.807, 2.05) is 0 Å². The average Bonchev–Trinajstić information content (AvgIpc) is 2.79. The first-order valence-corrected chi connectivity index (χ1v) is 11.5. The van der Waals surface area contributed by atoms with Crippen molar-refractivity contribution in [3.8, 4) is 11.5 Å². The van der Waals surface area contributed by atoms with Gasteiger partial charge in [0.05, 0.1) is 25.3 Å². The molecule has 2 aromatic rings. The molecule has 0 aliphatic carbocycles. The Labute approximate surface area is 186 Å². The van der Waals surface area contributed by atoms with Gasteiger partial charge in [0.2, 0.25) is 15.9 Å². The summed E-state index contributed by atoms with van der Waals surface area (Å²) in [6.45, 7) is 0.526. The smallest absolute Gasteiger partial charge is 0.243 e. The van der Waals surface area contributed by atoms with Crippen LogP contribution in [0, 0.1) is 5.92 Å². The summed E-state index contributed by atoms with van der Waals surface area (Å²) in [6, 6.07) is 11.3. The van der Waals surface area contributed by atoms with E-state index >= 15 is 0 Å². The Morgan fingerprint density at radius 1 is 1.13 bits per heavy atom. The van der Waals surface area contributed by atoms with Crippen molar-refractivity contribution in [2.75, 3.05) is 27.3 Å². The maximum Gasteiger partial charge on any atom is 0.243 e. The Bertz CT molecular complexity index is 1050. The van der Waals surface area contributed by atoms with Gasteiger partial charge >= 0.3 is 0 Å². The van der Waals surface area contributed by atoms with Crippen LogP contribution in [0.3, 0.4) is 0 Å². The summed E-state index contributed by atoms with van der Waals surface area (Å²) in [5.41, 5.74) is 3.22. The second-order valence-electron chi connectivity index (χ2n) is 6.97. The Morgan fingerprint density at radius 2 is 1.81 bits per heavy atom. The van der Waals surface area contributed by atoms with Crippen molar-refractivity contribution >= 4 is 33.7 Å². The van der Waals surface area contributed by atoms with Crippen molar-refractivity contribution in [3.63, 3.8) is 0 Å². The number of halogens is 1. The highest BCUT2D eigenvalue weighted by Crippen LogP contribution is 2.25. The normalized spacial score (nSPS) is 15.7. The summed E-state index contributed by atoms with van der Waals surface area (Å²) in [5.74, 6) is 0.662. The van der Waals surface area contributed by atoms with Crippen LogP contribution in [0.15, 0.2) is 52.5 Å². The van der Waals surface area contributed by atoms with Gasteiger partial charge in [-0.2, -0.15) is 9.41 Å². The number of methoxy groups -OCH3 is 2. The van der Waals surface area contributed by atoms with Gasteiger partial charge in [0.1, 0.15) is 11.5 Å². The molecule has 1 fully saturated rings. The molecule has 1 heterocycles. The van der Waals surface area contributed by atoms with Gasteiger partial charge in [-0.3, -0.25) is 4.79 Å². The third kappa shape index (κ3) is 5.55. The molecule has 0 atom stereocenters. The van der Waals surface area contributed by atoms with Gasteiger partial charge in [0.15, 0.2) is 0 Å². The zero-order valence-corrected chi connectivity index (χ0v) is 18.8. The molecule has 1 saturated heterocycles. The van der Waals surface area contributed by atoms with Crippen LogP contribution in [0.1, 0.15) is 18.4 Å². The fourth-order valence-electron chi connectivity index (χ4n) is 3.30. The first-order valence-electron chi connectivity index (χ1n) is 9.66. The summed E-state index contributed by atoms with van der Waals surface area (Å²) < 4.78 is 37.3. The number of piperidine rings is 1. The summed E-state index contributed by atoms with van der Waals surface area (Å²) in [5, 5.41) is 4.49. The number of rotatable bonds is 7. The van der Waals surface area contributed by atoms with Crippen LogP contribution < -0.4 is 14.9 Å². The summed E-state index contributed by atoms with van der Waals surface area (Å²) in [6.07, 6.45) is 2.33. The number of benzene rings is 2. The molecule has 0 bridgehead atoms. The second-order valence-corrected chi connectivity index (χ2v) is 9.35. The quantitative estimate of drug-likeness (QED) is 0.501. The summed E-state index contributed by atoms with van der Waals surface area (Å²) in [4.78, 5) is 12.6. The number of carbonyl (C=O) groups is 1. The van der Waals surface area contributed by atoms with Crippen LogP contribution in [-0.2, 0) is 14.8 Å². The number of carbonyl (C=O) groups excluding carboxylic acids is 1. The lowest BCUT2D eigenvalue weighted by Gasteiger charge is -2.30. The lowest BCUT2D eigenvalue weighted by molar-refractivity contribution is -0.126. The molecule has 1 aliphatic rings. The lowest BCUT2D eigenvalue weighted by atomic mass is 9.98. The van der Waals surface area contributed by atoms with E-state index in [4.69, 9.17) is 21.1 Å². The summed E-state index contributed by atoms with van der Waals surface area (Å²) in [7, 11) is -0.503. The number of ether oxygens (including phenoxy) is 2. The molecule has 0 saturated carbocycles. The molecule has 10 heteroatoms. The second kappa shape index (κ2) is 10.1. The number of hydrogen-bond acceptors (Lipinski definition) is 6. The monoisotopic (exact) mass is 465 g/mol. The van der Waals surface area contributed by atoms with Gasteiger partial charge in [-0.1, -0.05) is 11.6 Å². The van der Waals surface area contributed by atoms with Crippen molar-refractivity contribution in [1.29, 1.82) is 0 Å². The molecule has 166 valence electrons. The molecule has 8 nitrogen and oxygen atoms in total. The molecule has 31 heavy (non-hydrogen) atoms. The summed E-state index contributed by atoms with van der Waals surface area (Å²) >= 11 is 5.84. The highest BCUT2D eigenvalue weighted by Gasteiger charge is 2.32. The molecule has 1 N–H and O–H groups in total. The van der Waals surface area contributed by atoms with E-state index in [1.165, 1.54) is 29.8 Å². The standard InChI is InChI=1S/C21H24ClN3O5S/c1-29-18-6-3-16(20(13-18)30-2)14-23-24-21(26)15-9-11-25(12-10-15)31(27,28)19-7-4-17(22)5-8-19/h3-8,13-15H,9-12H2,1-2H3,(H,24,26)/b23-14-. The van der Waals surface area contributed by atoms with E-state index in [9.17, 15) is 13.2 Å². The molecule has 0 spiro atoms. The third-order valence-corrected chi connectivity index (χ3v) is 7.26. The zero-order valence-electron chi connectivity index (χ0n) is 17.2. The topological polar surface area (TPSA) is 97.3 Å². The Balaban J connectivity index is 1.56. The van der Waals surface area contributed by atoms with Crippen molar-refractivity contribution in [2.24, 2.45) is 11.0 Å². The van der Waals surface area contributed by atoms with E-state index in [1.54, 1.807) is 37.4 Å². The molecule has 0 radical (unpaired) electrons. The maximum absolute atomic E-state index is 12.7. The highest BCUT2D eigenvalue weighted by molar-refractivity contribution is 7.89. The number of nitrogens with zero attached hydrogens (tertiary/aromatic N) is 2. The Morgan fingerprint density at radius 3 is 2.42 bits per heavy atom. The minimum Gasteiger partial charge on any atom is -0.497 e. The van der Waals surface area contributed by atoms with Crippen LogP contribution in [0.2, 0.25) is 5.02 Å². The van der Waals surface area contributed by atoms with Gasteiger partial charge in [-0.25, -0.2) is 13.8 Å². The predicted molar refractivity (Wildman–Crippen MR) is 118 cm³/mol. The number of sulfonamides is 1. The minimum atomic E-state index is -3.61. The lowest BCUT2D eigenvalue weighted by Crippen LogP contribution is -2.42. The molecule has 1 amide bonds. The number of hydrazone groups is 1. The van der Waals surface area contributed by atoms with Crippen LogP contribution >= 0.6 is 11.6 Å². The van der Waals surface area contributed by atoms with Crippen LogP contribution in [-0.4, -0.2) is 52.2 Å². The number of hydrogen-bond donors (Lipinski definition) is 1. The van der Waals surface area contributed by atoms with Crippen molar-refractivity contribution < 1.29 is 22.7 Å². The minimum absolute atomic E-state index is 0.192. The predicted octanol–water partition coefficient (Wildman–Crippen LogP) is 2.91. The van der Waals surface area contributed by atoms with Gasteiger partial charge in [-0.15, -0.1) is 0 Å². The third-order valence-electron chi connectivity index (χ3n) is 5.10. The molecule has 3 rings (SSSR count). The van der Waals surface area contributed by atoms with Crippen LogP contribution in [0.25, 0.3) is 0 Å². The molecular weight excluding hydrogens is 442 g/mol. The maximum atomic E-state index is 12.7. The van der Waals surface area contributed by atoms with Gasteiger partial charge in [0.25, 0.3) is 0 Å². The fourth-order valence-corrected chi connectivity index (χ4v) is 4.89. The van der Waals surface area contributed by atoms with Gasteiger partial charge in [0, 0.05) is 35.7 Å². The fraction of sp³-hybridized carbons (Fsp3) is 0.333. The van der Waals surface area contributed by atoms with E-state index in [0.717, 1.165) is 0 Å². The van der Waals surface area contributed by atoms with Crippen LogP contribution in [0.5, 0.6) is 11.5 Å².